The molecule has 0 spiro atoms. The topological polar surface area (TPSA) is 65.9 Å². The summed E-state index contributed by atoms with van der Waals surface area (Å²) in [7, 11) is 1.52. The molecular weight excluding hydrogens is 619 g/mol. The van der Waals surface area contributed by atoms with Crippen molar-refractivity contribution in [3.8, 4) is 28.8 Å². The molecule has 5 aromatic rings. The number of benzene rings is 4. The number of rotatable bonds is 11. The maximum atomic E-state index is 17.2. The van der Waals surface area contributed by atoms with E-state index in [1.165, 1.54) is 13.2 Å². The molecule has 10 heteroatoms. The van der Waals surface area contributed by atoms with Crippen LogP contribution >= 0.6 is 0 Å². The van der Waals surface area contributed by atoms with Crippen molar-refractivity contribution < 1.29 is 32.1 Å². The quantitative estimate of drug-likeness (QED) is 0.133. The SMILES string of the molecule is CCc1c(F)ccc2cc(OCOC)cc(-c3c(C)cc4c(OCc5ccccc5)nc(OC[C@@]56CCCN5C[C@H](F)C6)nc4c3F)c12. The van der Waals surface area contributed by atoms with Crippen molar-refractivity contribution in [3.63, 3.8) is 0 Å². The zero-order valence-corrected chi connectivity index (χ0v) is 27.3. The van der Waals surface area contributed by atoms with Crippen LogP contribution in [0.15, 0.2) is 60.7 Å². The molecule has 0 unspecified atom stereocenters. The second-order valence-electron chi connectivity index (χ2n) is 12.7. The van der Waals surface area contributed by atoms with Gasteiger partial charge in [-0.15, -0.1) is 0 Å². The van der Waals surface area contributed by atoms with Gasteiger partial charge in [0, 0.05) is 25.6 Å². The van der Waals surface area contributed by atoms with Gasteiger partial charge in [-0.05, 0) is 90.0 Å². The molecule has 2 aliphatic rings. The third-order valence-corrected chi connectivity index (χ3v) is 9.63. The average Bonchev–Trinajstić information content (AvgIpc) is 3.61. The number of hydrogen-bond acceptors (Lipinski definition) is 7. The van der Waals surface area contributed by atoms with Gasteiger partial charge in [-0.25, -0.2) is 13.2 Å². The highest BCUT2D eigenvalue weighted by Crippen LogP contribution is 2.43. The Morgan fingerprint density at radius 1 is 1.00 bits per heavy atom. The lowest BCUT2D eigenvalue weighted by atomic mass is 9.90. The largest absolute Gasteiger partial charge is 0.472 e. The van der Waals surface area contributed by atoms with Gasteiger partial charge >= 0.3 is 6.01 Å². The number of alkyl halides is 1. The van der Waals surface area contributed by atoms with Crippen LogP contribution in [0.3, 0.4) is 0 Å². The minimum atomic E-state index is -0.921. The highest BCUT2D eigenvalue weighted by atomic mass is 19.1. The number of hydrogen-bond donors (Lipinski definition) is 0. The second-order valence-corrected chi connectivity index (χ2v) is 12.7. The van der Waals surface area contributed by atoms with E-state index >= 15 is 8.78 Å². The minimum Gasteiger partial charge on any atom is -0.472 e. The molecule has 0 N–H and O–H groups in total. The first-order valence-electron chi connectivity index (χ1n) is 16.4. The Morgan fingerprint density at radius 2 is 1.83 bits per heavy atom. The lowest BCUT2D eigenvalue weighted by Crippen LogP contribution is -2.43. The van der Waals surface area contributed by atoms with Crippen molar-refractivity contribution in [1.82, 2.24) is 14.9 Å². The molecular formula is C38H38F3N3O4. The molecule has 3 heterocycles. The van der Waals surface area contributed by atoms with Crippen molar-refractivity contribution in [2.75, 3.05) is 33.6 Å². The Balaban J connectivity index is 1.38. The summed E-state index contributed by atoms with van der Waals surface area (Å²) in [6.45, 7) is 5.22. The van der Waals surface area contributed by atoms with Gasteiger partial charge in [-0.3, -0.25) is 4.90 Å². The van der Waals surface area contributed by atoms with E-state index in [4.69, 9.17) is 18.9 Å². The number of methoxy groups -OCH3 is 1. The Labute approximate surface area is 277 Å². The first-order valence-corrected chi connectivity index (χ1v) is 16.4. The summed E-state index contributed by atoms with van der Waals surface area (Å²) in [5.74, 6) is -0.365. The molecule has 2 aliphatic heterocycles. The average molecular weight is 658 g/mol. The molecule has 0 aliphatic carbocycles. The van der Waals surface area contributed by atoms with Gasteiger partial charge in [0.05, 0.1) is 10.9 Å². The molecule has 1 aromatic heterocycles. The molecule has 250 valence electrons. The van der Waals surface area contributed by atoms with E-state index in [0.717, 1.165) is 24.9 Å². The fraction of sp³-hybridized carbons (Fsp3) is 0.368. The van der Waals surface area contributed by atoms with E-state index in [0.29, 0.717) is 58.0 Å². The number of halogens is 3. The van der Waals surface area contributed by atoms with Gasteiger partial charge in [-0.1, -0.05) is 43.3 Å². The Morgan fingerprint density at radius 3 is 2.62 bits per heavy atom. The lowest BCUT2D eigenvalue weighted by molar-refractivity contribution is 0.0512. The lowest BCUT2D eigenvalue weighted by Gasteiger charge is -2.30. The van der Waals surface area contributed by atoms with Gasteiger partial charge in [0.2, 0.25) is 5.88 Å². The summed E-state index contributed by atoms with van der Waals surface area (Å²) in [6.07, 6.45) is 1.62. The Kier molecular flexibility index (Phi) is 8.87. The molecule has 0 bridgehead atoms. The van der Waals surface area contributed by atoms with Crippen LogP contribution in [0, 0.1) is 18.6 Å². The molecule has 0 amide bonds. The Hall–Kier alpha value is -4.41. The van der Waals surface area contributed by atoms with Crippen LogP contribution in [0.4, 0.5) is 13.2 Å². The van der Waals surface area contributed by atoms with Crippen LogP contribution in [0.25, 0.3) is 32.8 Å². The van der Waals surface area contributed by atoms with Crippen LogP contribution in [0.1, 0.15) is 42.9 Å². The maximum absolute atomic E-state index is 17.2. The molecule has 2 atom stereocenters. The standard InChI is InChI=1S/C38H38F3N3O4/c1-4-28-31(40)12-11-25-16-27(48-22-45-3)17-29(33(25)28)32-23(2)15-30-35(34(32)41)42-37(43-36(30)46-20-24-9-6-5-7-10-24)47-21-38-13-8-14-44(38)19-26(39)18-38/h5-7,9-12,15-17,26H,4,8,13-14,18-22H2,1-3H3/t26-,38+/m1/s1. The molecule has 0 saturated carbocycles. The number of aryl methyl sites for hydroxylation is 2. The van der Waals surface area contributed by atoms with Gasteiger partial charge in [-0.2, -0.15) is 9.97 Å². The highest BCUT2D eigenvalue weighted by Gasteiger charge is 2.49. The van der Waals surface area contributed by atoms with Gasteiger partial charge in [0.25, 0.3) is 0 Å². The second kappa shape index (κ2) is 13.2. The molecule has 7 nitrogen and oxygen atoms in total. The van der Waals surface area contributed by atoms with Crippen LogP contribution in [-0.2, 0) is 17.8 Å². The summed E-state index contributed by atoms with van der Waals surface area (Å²) < 4.78 is 70.2. The summed E-state index contributed by atoms with van der Waals surface area (Å²) in [5, 5.41) is 1.68. The summed E-state index contributed by atoms with van der Waals surface area (Å²) in [4.78, 5) is 11.3. The molecule has 0 radical (unpaired) electrons. The molecule has 2 fully saturated rings. The van der Waals surface area contributed by atoms with Crippen molar-refractivity contribution in [2.45, 2.75) is 57.8 Å². The number of fused-ring (bicyclic) bond motifs is 3. The third kappa shape index (κ3) is 5.92. The van der Waals surface area contributed by atoms with Gasteiger partial charge < -0.3 is 18.9 Å². The minimum absolute atomic E-state index is 0.00467. The normalized spacial score (nSPS) is 19.2. The predicted molar refractivity (Wildman–Crippen MR) is 178 cm³/mol. The summed E-state index contributed by atoms with van der Waals surface area (Å²) in [5.41, 5.74) is 2.26. The van der Waals surface area contributed by atoms with E-state index in [1.54, 1.807) is 31.2 Å². The van der Waals surface area contributed by atoms with Crippen molar-refractivity contribution in [1.29, 1.82) is 0 Å². The Bertz CT molecular complexity index is 1980. The monoisotopic (exact) mass is 657 g/mol. The van der Waals surface area contributed by atoms with Crippen LogP contribution in [-0.4, -0.2) is 60.2 Å². The third-order valence-electron chi connectivity index (χ3n) is 9.63. The van der Waals surface area contributed by atoms with E-state index in [-0.39, 0.29) is 48.8 Å². The molecule has 48 heavy (non-hydrogen) atoms. The van der Waals surface area contributed by atoms with Crippen molar-refractivity contribution in [2.24, 2.45) is 0 Å². The summed E-state index contributed by atoms with van der Waals surface area (Å²) in [6, 6.07) is 17.9. The van der Waals surface area contributed by atoms with Crippen LogP contribution in [0.5, 0.6) is 17.6 Å². The first kappa shape index (κ1) is 32.2. The van der Waals surface area contributed by atoms with Gasteiger partial charge in [0.15, 0.2) is 12.6 Å². The zero-order valence-electron chi connectivity index (χ0n) is 27.3. The fourth-order valence-corrected chi connectivity index (χ4v) is 7.43. The van der Waals surface area contributed by atoms with E-state index in [9.17, 15) is 4.39 Å². The maximum Gasteiger partial charge on any atom is 0.320 e. The smallest absolute Gasteiger partial charge is 0.320 e. The van der Waals surface area contributed by atoms with E-state index in [2.05, 4.69) is 14.9 Å². The van der Waals surface area contributed by atoms with Crippen molar-refractivity contribution >= 4 is 21.7 Å². The van der Waals surface area contributed by atoms with E-state index in [1.807, 2.05) is 37.3 Å². The molecule has 2 saturated heterocycles. The highest BCUT2D eigenvalue weighted by molar-refractivity contribution is 6.03. The molecule has 7 rings (SSSR count). The fourth-order valence-electron chi connectivity index (χ4n) is 7.43. The number of aromatic nitrogens is 2. The van der Waals surface area contributed by atoms with E-state index < -0.39 is 17.5 Å². The van der Waals surface area contributed by atoms with Gasteiger partial charge in [0.1, 0.15) is 36.5 Å². The number of ether oxygens (including phenoxy) is 4. The molecule has 4 aromatic carbocycles. The summed E-state index contributed by atoms with van der Waals surface area (Å²) >= 11 is 0. The first-order chi connectivity index (χ1) is 23.3. The van der Waals surface area contributed by atoms with Crippen LogP contribution in [0.2, 0.25) is 0 Å². The van der Waals surface area contributed by atoms with Crippen LogP contribution < -0.4 is 14.2 Å². The zero-order chi connectivity index (χ0) is 33.4. The number of nitrogens with zero attached hydrogens (tertiary/aromatic N) is 3. The van der Waals surface area contributed by atoms with Crippen molar-refractivity contribution in [3.05, 3.63) is 89.0 Å². The predicted octanol–water partition coefficient (Wildman–Crippen LogP) is 8.12.